The molecule has 0 fully saturated rings. The Kier molecular flexibility index (Phi) is 5.08. The van der Waals surface area contributed by atoms with Crippen molar-refractivity contribution in [2.24, 2.45) is 0 Å². The maximum Gasteiger partial charge on any atom is 0.346 e. The summed E-state index contributed by atoms with van der Waals surface area (Å²) in [6, 6.07) is 4.66. The Morgan fingerprint density at radius 3 is 2.87 bits per heavy atom. The molecule has 0 saturated carbocycles. The molecule has 0 spiro atoms. The number of carbonyl (C=O) groups is 1. The molecule has 0 atom stereocenters. The van der Waals surface area contributed by atoms with Crippen molar-refractivity contribution in [2.75, 3.05) is 11.1 Å². The van der Waals surface area contributed by atoms with Gasteiger partial charge in [-0.05, 0) is 19.1 Å². The molecule has 0 saturated heterocycles. The number of H-pyrrole nitrogens is 1. The van der Waals surface area contributed by atoms with Gasteiger partial charge in [-0.25, -0.2) is 13.6 Å². The molecule has 0 radical (unpaired) electrons. The monoisotopic (exact) mass is 336 g/mol. The zero-order valence-electron chi connectivity index (χ0n) is 11.8. The summed E-state index contributed by atoms with van der Waals surface area (Å²) >= 11 is 0.874. The van der Waals surface area contributed by atoms with E-state index in [9.17, 15) is 18.4 Å². The van der Waals surface area contributed by atoms with Gasteiger partial charge in [0.25, 0.3) is 0 Å². The number of amides is 1. The molecule has 2 aromatic rings. The summed E-state index contributed by atoms with van der Waals surface area (Å²) in [6.45, 7) is 1.54. The number of aromatic amines is 1. The minimum absolute atomic E-state index is 0.114. The summed E-state index contributed by atoms with van der Waals surface area (Å²) in [5.74, 6) is -2.42. The van der Waals surface area contributed by atoms with Crippen LogP contribution in [0.5, 0.6) is 0 Å². The largest absolute Gasteiger partial charge is 0.346 e. The van der Waals surface area contributed by atoms with Crippen LogP contribution in [-0.4, -0.2) is 21.6 Å². The highest BCUT2D eigenvalue weighted by Crippen LogP contribution is 2.21. The fourth-order valence-electron chi connectivity index (χ4n) is 1.71. The van der Waals surface area contributed by atoms with Gasteiger partial charge < -0.3 is 10.3 Å². The summed E-state index contributed by atoms with van der Waals surface area (Å²) in [5, 5.41) is 11.4. The molecule has 6 nitrogen and oxygen atoms in total. The van der Waals surface area contributed by atoms with E-state index in [0.29, 0.717) is 11.8 Å². The number of thioether (sulfide) groups is 1. The number of hydrogen-bond acceptors (Lipinski definition) is 5. The highest BCUT2D eigenvalue weighted by Gasteiger charge is 2.13. The van der Waals surface area contributed by atoms with Crippen LogP contribution in [0.15, 0.2) is 28.0 Å². The van der Waals surface area contributed by atoms with Crippen LogP contribution in [-0.2, 0) is 4.79 Å². The van der Waals surface area contributed by atoms with Gasteiger partial charge in [-0.3, -0.25) is 4.79 Å². The number of aromatic nitrogens is 2. The van der Waals surface area contributed by atoms with Gasteiger partial charge in [0, 0.05) is 11.8 Å². The van der Waals surface area contributed by atoms with Crippen LogP contribution in [0.4, 0.5) is 14.5 Å². The predicted octanol–water partition coefficient (Wildman–Crippen LogP) is 1.96. The molecule has 0 aliphatic heterocycles. The van der Waals surface area contributed by atoms with Gasteiger partial charge in [-0.2, -0.15) is 10.2 Å². The van der Waals surface area contributed by atoms with Crippen LogP contribution in [0.1, 0.15) is 11.3 Å². The van der Waals surface area contributed by atoms with Crippen molar-refractivity contribution in [3.05, 3.63) is 51.6 Å². The fourth-order valence-corrected chi connectivity index (χ4v) is 2.54. The quantitative estimate of drug-likeness (QED) is 0.657. The van der Waals surface area contributed by atoms with Crippen molar-refractivity contribution in [1.29, 1.82) is 5.26 Å². The van der Waals surface area contributed by atoms with Crippen molar-refractivity contribution < 1.29 is 13.6 Å². The van der Waals surface area contributed by atoms with E-state index in [0.717, 1.165) is 23.9 Å². The number of nitrogens with zero attached hydrogens (tertiary/aromatic N) is 2. The van der Waals surface area contributed by atoms with E-state index in [1.807, 2.05) is 6.07 Å². The van der Waals surface area contributed by atoms with Gasteiger partial charge in [-0.1, -0.05) is 11.8 Å². The van der Waals surface area contributed by atoms with Crippen LogP contribution in [0.2, 0.25) is 0 Å². The minimum atomic E-state index is -0.897. The molecule has 0 bridgehead atoms. The topological polar surface area (TPSA) is 98.6 Å². The first-order valence-electron chi connectivity index (χ1n) is 6.29. The lowest BCUT2D eigenvalue weighted by Gasteiger charge is -2.07. The van der Waals surface area contributed by atoms with Gasteiger partial charge in [0.1, 0.15) is 28.3 Å². The molecule has 23 heavy (non-hydrogen) atoms. The highest BCUT2D eigenvalue weighted by atomic mass is 32.2. The molecule has 1 aromatic heterocycles. The lowest BCUT2D eigenvalue weighted by Crippen LogP contribution is -2.18. The molecule has 9 heteroatoms. The molecule has 1 heterocycles. The molecule has 2 rings (SSSR count). The fraction of sp³-hybridized carbons (Fsp3) is 0.143. The first-order valence-corrected chi connectivity index (χ1v) is 7.28. The number of aryl methyl sites for hydroxylation is 1. The average molecular weight is 336 g/mol. The van der Waals surface area contributed by atoms with Crippen LogP contribution in [0.3, 0.4) is 0 Å². The maximum absolute atomic E-state index is 13.4. The van der Waals surface area contributed by atoms with Gasteiger partial charge in [0.2, 0.25) is 5.91 Å². The zero-order valence-corrected chi connectivity index (χ0v) is 12.6. The Morgan fingerprint density at radius 1 is 1.48 bits per heavy atom. The molecule has 2 N–H and O–H groups in total. The van der Waals surface area contributed by atoms with E-state index in [1.165, 1.54) is 0 Å². The molecule has 0 unspecified atom stereocenters. The lowest BCUT2D eigenvalue weighted by atomic mass is 10.3. The molecular formula is C14H10F2N4O2S. The average Bonchev–Trinajstić information content (AvgIpc) is 2.47. The molecular weight excluding hydrogens is 326 g/mol. The molecule has 0 aliphatic carbocycles. The van der Waals surface area contributed by atoms with E-state index in [4.69, 9.17) is 5.26 Å². The number of hydrogen-bond donors (Lipinski definition) is 2. The van der Waals surface area contributed by atoms with Crippen molar-refractivity contribution in [3.8, 4) is 6.07 Å². The van der Waals surface area contributed by atoms with Crippen LogP contribution >= 0.6 is 11.8 Å². The van der Waals surface area contributed by atoms with E-state index < -0.39 is 23.2 Å². The summed E-state index contributed by atoms with van der Waals surface area (Å²) in [7, 11) is 0. The lowest BCUT2D eigenvalue weighted by molar-refractivity contribution is -0.113. The maximum atomic E-state index is 13.4. The van der Waals surface area contributed by atoms with Gasteiger partial charge in [-0.15, -0.1) is 0 Å². The van der Waals surface area contributed by atoms with Crippen molar-refractivity contribution in [3.63, 3.8) is 0 Å². The number of rotatable bonds is 4. The molecule has 0 aliphatic rings. The Bertz CT molecular complexity index is 861. The van der Waals surface area contributed by atoms with Crippen molar-refractivity contribution in [1.82, 2.24) is 9.97 Å². The number of nitriles is 1. The third kappa shape index (κ3) is 4.14. The smallest absolute Gasteiger partial charge is 0.323 e. The van der Waals surface area contributed by atoms with Crippen molar-refractivity contribution >= 4 is 23.4 Å². The zero-order chi connectivity index (χ0) is 17.0. The standard InChI is InChI=1S/C14H10F2N4O2S/c1-7-9(5-17)13(20-14(22)18-7)23-6-12(21)19-11-3-2-8(15)4-10(11)16/h2-4H,6H2,1H3,(H,19,21)(H,18,20,22). The Balaban J connectivity index is 2.08. The number of anilines is 1. The second-order valence-corrected chi connectivity index (χ2v) is 5.38. The van der Waals surface area contributed by atoms with Gasteiger partial charge >= 0.3 is 5.69 Å². The number of carbonyl (C=O) groups excluding carboxylic acids is 1. The van der Waals surface area contributed by atoms with E-state index in [1.54, 1.807) is 6.92 Å². The number of benzene rings is 1. The second kappa shape index (κ2) is 7.02. The third-order valence-electron chi connectivity index (χ3n) is 2.74. The van der Waals surface area contributed by atoms with E-state index in [-0.39, 0.29) is 22.0 Å². The van der Waals surface area contributed by atoms with E-state index in [2.05, 4.69) is 15.3 Å². The first-order chi connectivity index (χ1) is 10.9. The van der Waals surface area contributed by atoms with Crippen LogP contribution < -0.4 is 11.0 Å². The predicted molar refractivity (Wildman–Crippen MR) is 80.0 cm³/mol. The van der Waals surface area contributed by atoms with Gasteiger partial charge in [0.15, 0.2) is 0 Å². The molecule has 118 valence electrons. The van der Waals surface area contributed by atoms with E-state index >= 15 is 0 Å². The molecule has 1 amide bonds. The number of halogens is 2. The Hall–Kier alpha value is -2.73. The molecule has 1 aromatic carbocycles. The van der Waals surface area contributed by atoms with Crippen molar-refractivity contribution in [2.45, 2.75) is 11.9 Å². The summed E-state index contributed by atoms with van der Waals surface area (Å²) in [5.41, 5.74) is -0.281. The van der Waals surface area contributed by atoms with Crippen LogP contribution in [0, 0.1) is 29.9 Å². The SMILES string of the molecule is Cc1[nH]c(=O)nc(SCC(=O)Nc2ccc(F)cc2F)c1C#N. The summed E-state index contributed by atoms with van der Waals surface area (Å²) in [6.07, 6.45) is 0. The normalized spacial score (nSPS) is 10.2. The second-order valence-electron chi connectivity index (χ2n) is 4.42. The Labute approximate surface area is 133 Å². The number of nitrogens with one attached hydrogen (secondary N) is 2. The first kappa shape index (κ1) is 16.6. The summed E-state index contributed by atoms with van der Waals surface area (Å²) < 4.78 is 26.2. The summed E-state index contributed by atoms with van der Waals surface area (Å²) in [4.78, 5) is 29.1. The highest BCUT2D eigenvalue weighted by molar-refractivity contribution is 8.00. The third-order valence-corrected chi connectivity index (χ3v) is 3.72. The van der Waals surface area contributed by atoms with Crippen LogP contribution in [0.25, 0.3) is 0 Å². The van der Waals surface area contributed by atoms with Gasteiger partial charge in [0.05, 0.1) is 11.4 Å². The Morgan fingerprint density at radius 2 is 2.22 bits per heavy atom. The minimum Gasteiger partial charge on any atom is -0.323 e.